The normalized spacial score (nSPS) is 20.9. The monoisotopic (exact) mass is 378 g/mol. The maximum Gasteiger partial charge on any atom is 0.259 e. The Morgan fingerprint density at radius 3 is 2.86 bits per heavy atom. The van der Waals surface area contributed by atoms with Crippen LogP contribution >= 0.6 is 0 Å². The van der Waals surface area contributed by atoms with E-state index < -0.39 is 0 Å². The highest BCUT2D eigenvalue weighted by molar-refractivity contribution is 5.96. The maximum atomic E-state index is 13.2. The van der Waals surface area contributed by atoms with Crippen molar-refractivity contribution < 1.29 is 9.32 Å². The van der Waals surface area contributed by atoms with Crippen molar-refractivity contribution in [1.82, 2.24) is 29.8 Å². The number of hydrogen-bond acceptors (Lipinski definition) is 6. The lowest BCUT2D eigenvalue weighted by atomic mass is 9.93. The standard InChI is InChI=1S/C20H22N6O2/c1-3-16-18(12(2)24-28-16)20(27)25-10-14-4-5-17-22-23-19(26(17)15(14)11-25)13-6-8-21-9-7-13/h6-9,14-15H,3-5,10-11H2,1-2H3/t14-,15+/m1/s1. The zero-order valence-electron chi connectivity index (χ0n) is 16.0. The SMILES string of the molecule is CCc1onc(C)c1C(=O)N1C[C@H]2CCc3nnc(-c4ccncc4)n3[C@H]2C1. The molecule has 0 radical (unpaired) electrons. The van der Waals surface area contributed by atoms with Gasteiger partial charge in [0.05, 0.1) is 11.7 Å². The van der Waals surface area contributed by atoms with Gasteiger partial charge in [-0.15, -0.1) is 10.2 Å². The number of fused-ring (bicyclic) bond motifs is 3. The van der Waals surface area contributed by atoms with Gasteiger partial charge < -0.3 is 14.0 Å². The minimum Gasteiger partial charge on any atom is -0.360 e. The first-order valence-electron chi connectivity index (χ1n) is 9.76. The van der Waals surface area contributed by atoms with Crippen LogP contribution in [-0.2, 0) is 12.8 Å². The number of aromatic nitrogens is 5. The minimum absolute atomic E-state index is 0.0186. The maximum absolute atomic E-state index is 13.2. The number of rotatable bonds is 3. The van der Waals surface area contributed by atoms with Crippen LogP contribution in [0.15, 0.2) is 29.0 Å². The molecule has 1 saturated heterocycles. The van der Waals surface area contributed by atoms with Crippen LogP contribution in [0.3, 0.4) is 0 Å². The second-order valence-electron chi connectivity index (χ2n) is 7.54. The Balaban J connectivity index is 1.48. The Bertz CT molecular complexity index is 1020. The third-order valence-electron chi connectivity index (χ3n) is 5.94. The summed E-state index contributed by atoms with van der Waals surface area (Å²) in [6, 6.07) is 4.09. The average Bonchev–Trinajstić information content (AvgIpc) is 3.43. The van der Waals surface area contributed by atoms with E-state index in [0.29, 0.717) is 35.9 Å². The number of hydrogen-bond donors (Lipinski definition) is 0. The van der Waals surface area contributed by atoms with E-state index >= 15 is 0 Å². The molecule has 1 fully saturated rings. The lowest BCUT2D eigenvalue weighted by Crippen LogP contribution is -2.30. The molecule has 0 aromatic carbocycles. The lowest BCUT2D eigenvalue weighted by molar-refractivity contribution is 0.0781. The van der Waals surface area contributed by atoms with E-state index in [1.807, 2.05) is 30.9 Å². The molecule has 0 aliphatic carbocycles. The van der Waals surface area contributed by atoms with Crippen LogP contribution < -0.4 is 0 Å². The number of carbonyl (C=O) groups excluding carboxylic acids is 1. The summed E-state index contributed by atoms with van der Waals surface area (Å²) >= 11 is 0. The zero-order valence-corrected chi connectivity index (χ0v) is 16.0. The van der Waals surface area contributed by atoms with Gasteiger partial charge in [0.25, 0.3) is 5.91 Å². The van der Waals surface area contributed by atoms with Crippen molar-refractivity contribution in [2.45, 2.75) is 39.2 Å². The third kappa shape index (κ3) is 2.55. The van der Waals surface area contributed by atoms with Gasteiger partial charge in [0.15, 0.2) is 5.82 Å². The highest BCUT2D eigenvalue weighted by Gasteiger charge is 2.42. The molecule has 28 heavy (non-hydrogen) atoms. The molecule has 8 heteroatoms. The summed E-state index contributed by atoms with van der Waals surface area (Å²) in [5, 5.41) is 12.9. The smallest absolute Gasteiger partial charge is 0.259 e. The summed E-state index contributed by atoms with van der Waals surface area (Å²) in [6.07, 6.45) is 6.09. The van der Waals surface area contributed by atoms with Gasteiger partial charge >= 0.3 is 0 Å². The Labute approximate surface area is 162 Å². The van der Waals surface area contributed by atoms with Crippen LogP contribution in [0, 0.1) is 12.8 Å². The molecular formula is C20H22N6O2. The number of amides is 1. The van der Waals surface area contributed by atoms with Crippen LogP contribution in [0.5, 0.6) is 0 Å². The Kier molecular flexibility index (Phi) is 3.99. The first-order chi connectivity index (χ1) is 13.7. The average molecular weight is 378 g/mol. The molecule has 3 aromatic rings. The fourth-order valence-electron chi connectivity index (χ4n) is 4.54. The van der Waals surface area contributed by atoms with Crippen molar-refractivity contribution in [1.29, 1.82) is 0 Å². The molecule has 144 valence electrons. The van der Waals surface area contributed by atoms with Gasteiger partial charge in [0.2, 0.25) is 0 Å². The molecule has 5 heterocycles. The van der Waals surface area contributed by atoms with Gasteiger partial charge in [0.1, 0.15) is 17.1 Å². The molecule has 1 amide bonds. The molecule has 0 spiro atoms. The zero-order chi connectivity index (χ0) is 19.3. The first kappa shape index (κ1) is 17.1. The highest BCUT2D eigenvalue weighted by Crippen LogP contribution is 2.39. The van der Waals surface area contributed by atoms with Crippen LogP contribution in [0.25, 0.3) is 11.4 Å². The minimum atomic E-state index is 0.0186. The topological polar surface area (TPSA) is 89.9 Å². The molecule has 0 N–H and O–H groups in total. The summed E-state index contributed by atoms with van der Waals surface area (Å²) in [4.78, 5) is 19.3. The summed E-state index contributed by atoms with van der Waals surface area (Å²) in [5.41, 5.74) is 2.29. The molecule has 8 nitrogen and oxygen atoms in total. The fraction of sp³-hybridized carbons (Fsp3) is 0.450. The van der Waals surface area contributed by atoms with E-state index in [4.69, 9.17) is 4.52 Å². The second kappa shape index (κ2) is 6.54. The number of pyridine rings is 1. The molecule has 3 aromatic heterocycles. The van der Waals surface area contributed by atoms with E-state index in [1.54, 1.807) is 12.4 Å². The van der Waals surface area contributed by atoms with E-state index in [-0.39, 0.29) is 11.9 Å². The highest BCUT2D eigenvalue weighted by atomic mass is 16.5. The predicted octanol–water partition coefficient (Wildman–Crippen LogP) is 2.46. The van der Waals surface area contributed by atoms with E-state index in [9.17, 15) is 4.79 Å². The van der Waals surface area contributed by atoms with Crippen molar-refractivity contribution in [3.63, 3.8) is 0 Å². The summed E-state index contributed by atoms with van der Waals surface area (Å²) in [6.45, 7) is 5.20. The number of carbonyl (C=O) groups is 1. The molecule has 2 aliphatic rings. The predicted molar refractivity (Wildman–Crippen MR) is 101 cm³/mol. The van der Waals surface area contributed by atoms with Gasteiger partial charge in [0, 0.05) is 43.9 Å². The third-order valence-corrected chi connectivity index (χ3v) is 5.94. The lowest BCUT2D eigenvalue weighted by Gasteiger charge is -2.27. The second-order valence-corrected chi connectivity index (χ2v) is 7.54. The Morgan fingerprint density at radius 1 is 1.25 bits per heavy atom. The fourth-order valence-corrected chi connectivity index (χ4v) is 4.54. The molecule has 5 rings (SSSR count). The quantitative estimate of drug-likeness (QED) is 0.695. The summed E-state index contributed by atoms with van der Waals surface area (Å²) < 4.78 is 7.57. The van der Waals surface area contributed by atoms with Crippen LogP contribution in [0.1, 0.15) is 47.0 Å². The van der Waals surface area contributed by atoms with Crippen LogP contribution in [0.4, 0.5) is 0 Å². The van der Waals surface area contributed by atoms with Crippen LogP contribution in [0.2, 0.25) is 0 Å². The Hall–Kier alpha value is -3.03. The number of nitrogens with zero attached hydrogens (tertiary/aromatic N) is 6. The van der Waals surface area contributed by atoms with Crippen molar-refractivity contribution in [2.24, 2.45) is 5.92 Å². The Morgan fingerprint density at radius 2 is 2.07 bits per heavy atom. The van der Waals surface area contributed by atoms with Crippen LogP contribution in [-0.4, -0.2) is 48.8 Å². The van der Waals surface area contributed by atoms with E-state index in [2.05, 4.69) is 24.9 Å². The molecular weight excluding hydrogens is 356 g/mol. The van der Waals surface area contributed by atoms with Crippen molar-refractivity contribution in [3.8, 4) is 11.4 Å². The van der Waals surface area contributed by atoms with Gasteiger partial charge in [-0.25, -0.2) is 0 Å². The number of likely N-dealkylation sites (tertiary alicyclic amines) is 1. The first-order valence-corrected chi connectivity index (χ1v) is 9.76. The molecule has 0 bridgehead atoms. The van der Waals surface area contributed by atoms with E-state index in [1.165, 1.54) is 0 Å². The largest absolute Gasteiger partial charge is 0.360 e. The molecule has 2 aliphatic heterocycles. The van der Waals surface area contributed by atoms with Gasteiger partial charge in [-0.05, 0) is 31.4 Å². The summed E-state index contributed by atoms with van der Waals surface area (Å²) in [5.74, 6) is 2.94. The van der Waals surface area contributed by atoms with Gasteiger partial charge in [-0.3, -0.25) is 9.78 Å². The molecule has 2 atom stereocenters. The van der Waals surface area contributed by atoms with E-state index in [0.717, 1.165) is 36.6 Å². The number of aryl methyl sites for hydroxylation is 3. The molecule has 0 saturated carbocycles. The van der Waals surface area contributed by atoms with Gasteiger partial charge in [-0.2, -0.15) is 0 Å². The van der Waals surface area contributed by atoms with Crippen molar-refractivity contribution in [3.05, 3.63) is 47.4 Å². The summed E-state index contributed by atoms with van der Waals surface area (Å²) in [7, 11) is 0. The molecule has 0 unspecified atom stereocenters. The van der Waals surface area contributed by atoms with Gasteiger partial charge in [-0.1, -0.05) is 12.1 Å². The van der Waals surface area contributed by atoms with Crippen molar-refractivity contribution >= 4 is 5.91 Å². The van der Waals surface area contributed by atoms with Crippen molar-refractivity contribution in [2.75, 3.05) is 13.1 Å².